The standard InChI is InChI=1S/C27H34O7/c1-19(2)23(31-33-26(5,6)21-15-11-9-12-16-21)29-25(28)30-24(20(3)4)32-34-27(7,8)22-17-13-10-14-18-22/h9-18,23-24H,1,3H2,2,4-8H3. The van der Waals surface area contributed by atoms with Crippen LogP contribution in [0.1, 0.15) is 52.7 Å². The molecule has 0 aliphatic rings. The molecule has 0 amide bonds. The highest BCUT2D eigenvalue weighted by atomic mass is 17.2. The molecule has 0 saturated heterocycles. The van der Waals surface area contributed by atoms with Crippen LogP contribution in [0.15, 0.2) is 85.0 Å². The number of ether oxygens (including phenoxy) is 2. The van der Waals surface area contributed by atoms with Crippen molar-refractivity contribution in [3.8, 4) is 0 Å². The summed E-state index contributed by atoms with van der Waals surface area (Å²) in [6, 6.07) is 19.0. The molecular formula is C27H34O7. The first-order valence-corrected chi connectivity index (χ1v) is 10.9. The Labute approximate surface area is 201 Å². The van der Waals surface area contributed by atoms with Crippen molar-refractivity contribution in [1.29, 1.82) is 0 Å². The average Bonchev–Trinajstić information content (AvgIpc) is 2.80. The lowest BCUT2D eigenvalue weighted by atomic mass is 9.99. The Hall–Kier alpha value is -2.97. The molecule has 2 aromatic rings. The second-order valence-electron chi connectivity index (χ2n) is 8.95. The number of rotatable bonds is 12. The van der Waals surface area contributed by atoms with Gasteiger partial charge in [0.05, 0.1) is 0 Å². The molecule has 7 nitrogen and oxygen atoms in total. The van der Waals surface area contributed by atoms with Crippen LogP contribution in [0, 0.1) is 0 Å². The van der Waals surface area contributed by atoms with Crippen LogP contribution in [-0.2, 0) is 40.2 Å². The number of hydrogen-bond donors (Lipinski definition) is 0. The van der Waals surface area contributed by atoms with Gasteiger partial charge in [-0.1, -0.05) is 73.8 Å². The summed E-state index contributed by atoms with van der Waals surface area (Å²) in [6.45, 7) is 18.1. The van der Waals surface area contributed by atoms with Crippen molar-refractivity contribution in [2.45, 2.75) is 65.3 Å². The van der Waals surface area contributed by atoms with E-state index in [2.05, 4.69) is 13.2 Å². The Bertz CT molecular complexity index is 874. The van der Waals surface area contributed by atoms with Crippen molar-refractivity contribution in [2.24, 2.45) is 0 Å². The maximum absolute atomic E-state index is 12.5. The zero-order chi connectivity index (χ0) is 25.4. The summed E-state index contributed by atoms with van der Waals surface area (Å²) in [5, 5.41) is 0. The van der Waals surface area contributed by atoms with Crippen LogP contribution in [-0.4, -0.2) is 18.7 Å². The Morgan fingerprint density at radius 2 is 1.00 bits per heavy atom. The first-order valence-electron chi connectivity index (χ1n) is 10.9. The highest BCUT2D eigenvalue weighted by Gasteiger charge is 2.30. The van der Waals surface area contributed by atoms with E-state index < -0.39 is 29.9 Å². The molecule has 0 aliphatic carbocycles. The molecule has 0 N–H and O–H groups in total. The highest BCUT2D eigenvalue weighted by Crippen LogP contribution is 2.27. The van der Waals surface area contributed by atoms with Crippen LogP contribution in [0.3, 0.4) is 0 Å². The molecule has 34 heavy (non-hydrogen) atoms. The highest BCUT2D eigenvalue weighted by molar-refractivity contribution is 5.60. The molecule has 0 fully saturated rings. The molecule has 7 heteroatoms. The molecule has 2 atom stereocenters. The van der Waals surface area contributed by atoms with Crippen molar-refractivity contribution < 1.29 is 33.8 Å². The first-order chi connectivity index (χ1) is 15.9. The molecule has 2 rings (SSSR count). The van der Waals surface area contributed by atoms with Gasteiger partial charge in [0.15, 0.2) is 0 Å². The number of carbonyl (C=O) groups is 1. The zero-order valence-electron chi connectivity index (χ0n) is 20.7. The Morgan fingerprint density at radius 1 is 0.676 bits per heavy atom. The molecule has 2 unspecified atom stereocenters. The fourth-order valence-corrected chi connectivity index (χ4v) is 2.71. The first kappa shape index (κ1) is 27.3. The van der Waals surface area contributed by atoms with Crippen molar-refractivity contribution in [3.63, 3.8) is 0 Å². The molecular weight excluding hydrogens is 436 g/mol. The maximum atomic E-state index is 12.5. The van der Waals surface area contributed by atoms with Gasteiger partial charge in [-0.15, -0.1) is 0 Å². The van der Waals surface area contributed by atoms with Gasteiger partial charge in [0.2, 0.25) is 0 Å². The summed E-state index contributed by atoms with van der Waals surface area (Å²) >= 11 is 0. The minimum Gasteiger partial charge on any atom is -0.397 e. The van der Waals surface area contributed by atoms with Crippen molar-refractivity contribution in [2.75, 3.05) is 0 Å². The number of carbonyl (C=O) groups excluding carboxylic acids is 1. The third kappa shape index (κ3) is 8.11. The van der Waals surface area contributed by atoms with E-state index >= 15 is 0 Å². The topological polar surface area (TPSA) is 72.5 Å². The van der Waals surface area contributed by atoms with Crippen LogP contribution < -0.4 is 0 Å². The van der Waals surface area contributed by atoms with E-state index in [9.17, 15) is 4.79 Å². The molecule has 2 aromatic carbocycles. The van der Waals surface area contributed by atoms with Gasteiger partial charge in [-0.2, -0.15) is 9.78 Å². The normalized spacial score (nSPS) is 13.6. The number of hydrogen-bond acceptors (Lipinski definition) is 7. The van der Waals surface area contributed by atoms with Gasteiger partial charge in [-0.25, -0.2) is 14.6 Å². The van der Waals surface area contributed by atoms with Crippen molar-refractivity contribution >= 4 is 6.16 Å². The Balaban J connectivity index is 1.96. The summed E-state index contributed by atoms with van der Waals surface area (Å²) < 4.78 is 10.5. The fraction of sp³-hybridized carbons (Fsp3) is 0.370. The molecule has 0 radical (unpaired) electrons. The lowest BCUT2D eigenvalue weighted by Crippen LogP contribution is -2.32. The van der Waals surface area contributed by atoms with Gasteiger partial charge in [0, 0.05) is 0 Å². The monoisotopic (exact) mass is 470 g/mol. The van der Waals surface area contributed by atoms with Gasteiger partial charge in [0.1, 0.15) is 11.2 Å². The molecule has 0 aromatic heterocycles. The quantitative estimate of drug-likeness (QED) is 0.112. The lowest BCUT2D eigenvalue weighted by molar-refractivity contribution is -0.418. The van der Waals surface area contributed by atoms with E-state index in [1.54, 1.807) is 13.8 Å². The summed E-state index contributed by atoms with van der Waals surface area (Å²) in [5.41, 5.74) is 0.953. The summed E-state index contributed by atoms with van der Waals surface area (Å²) in [7, 11) is 0. The van der Waals surface area contributed by atoms with Crippen LogP contribution in [0.2, 0.25) is 0 Å². The lowest BCUT2D eigenvalue weighted by Gasteiger charge is -2.28. The minimum absolute atomic E-state index is 0.398. The van der Waals surface area contributed by atoms with E-state index in [4.69, 9.17) is 29.0 Å². The predicted octanol–water partition coefficient (Wildman–Crippen LogP) is 6.71. The zero-order valence-corrected chi connectivity index (χ0v) is 20.7. The SMILES string of the molecule is C=C(C)C(OOC(C)(C)c1ccccc1)OC(=O)OC(OOC(C)(C)c1ccccc1)C(=C)C. The second kappa shape index (κ2) is 11.9. The van der Waals surface area contributed by atoms with E-state index in [0.717, 1.165) is 11.1 Å². The van der Waals surface area contributed by atoms with Gasteiger partial charge < -0.3 is 9.47 Å². The van der Waals surface area contributed by atoms with Crippen LogP contribution >= 0.6 is 0 Å². The molecule has 0 aliphatic heterocycles. The number of benzene rings is 2. The fourth-order valence-electron chi connectivity index (χ4n) is 2.71. The molecule has 0 heterocycles. The van der Waals surface area contributed by atoms with E-state index in [0.29, 0.717) is 11.1 Å². The molecule has 0 bridgehead atoms. The van der Waals surface area contributed by atoms with Crippen LogP contribution in [0.4, 0.5) is 4.79 Å². The van der Waals surface area contributed by atoms with E-state index in [-0.39, 0.29) is 0 Å². The summed E-state index contributed by atoms with van der Waals surface area (Å²) in [4.78, 5) is 34.4. The van der Waals surface area contributed by atoms with Gasteiger partial charge in [-0.3, -0.25) is 0 Å². The Kier molecular flexibility index (Phi) is 9.58. The van der Waals surface area contributed by atoms with Gasteiger partial charge in [-0.05, 0) is 63.8 Å². The molecule has 0 saturated carbocycles. The van der Waals surface area contributed by atoms with Crippen molar-refractivity contribution in [3.05, 3.63) is 96.1 Å². The van der Waals surface area contributed by atoms with Crippen LogP contribution in [0.25, 0.3) is 0 Å². The third-order valence-electron chi connectivity index (χ3n) is 4.84. The van der Waals surface area contributed by atoms with Gasteiger partial charge >= 0.3 is 6.16 Å². The maximum Gasteiger partial charge on any atom is 0.513 e. The van der Waals surface area contributed by atoms with Crippen molar-refractivity contribution in [1.82, 2.24) is 0 Å². The Morgan fingerprint density at radius 3 is 1.29 bits per heavy atom. The van der Waals surface area contributed by atoms with E-state index in [1.165, 1.54) is 0 Å². The summed E-state index contributed by atoms with van der Waals surface area (Å²) in [5.74, 6) is 0. The van der Waals surface area contributed by atoms with E-state index in [1.807, 2.05) is 88.4 Å². The second-order valence-corrected chi connectivity index (χ2v) is 8.95. The summed E-state index contributed by atoms with van der Waals surface area (Å²) in [6.07, 6.45) is -3.48. The third-order valence-corrected chi connectivity index (χ3v) is 4.84. The molecule has 0 spiro atoms. The largest absolute Gasteiger partial charge is 0.513 e. The van der Waals surface area contributed by atoms with Gasteiger partial charge in [0.25, 0.3) is 12.6 Å². The predicted molar refractivity (Wildman–Crippen MR) is 128 cm³/mol. The van der Waals surface area contributed by atoms with Crippen LogP contribution in [0.5, 0.6) is 0 Å². The molecule has 184 valence electrons. The smallest absolute Gasteiger partial charge is 0.397 e. The average molecular weight is 471 g/mol. The minimum atomic E-state index is -1.21.